The molecule has 0 fully saturated rings. The van der Waals surface area contributed by atoms with Gasteiger partial charge in [0.25, 0.3) is 0 Å². The summed E-state index contributed by atoms with van der Waals surface area (Å²) in [5.41, 5.74) is 5.17. The third kappa shape index (κ3) is 1.37. The highest BCUT2D eigenvalue weighted by molar-refractivity contribution is 5.69. The summed E-state index contributed by atoms with van der Waals surface area (Å²) in [5.74, 6) is 0. The predicted octanol–water partition coefficient (Wildman–Crippen LogP) is 3.30. The molecule has 2 aromatic rings. The number of H-pyrrole nitrogens is 1. The maximum Gasteiger partial charge on any atom is 0.0197 e. The molecule has 0 atom stereocenters. The third-order valence-electron chi connectivity index (χ3n) is 2.34. The smallest absolute Gasteiger partial charge is 0.0197 e. The second-order valence-electron chi connectivity index (χ2n) is 3.34. The summed E-state index contributed by atoms with van der Waals surface area (Å²) in [6, 6.07) is 10.5. The Morgan fingerprint density at radius 3 is 2.23 bits per heavy atom. The molecule has 1 nitrogen and oxygen atoms in total. The minimum Gasteiger partial charge on any atom is -0.364 e. The van der Waals surface area contributed by atoms with Crippen LogP contribution in [0.4, 0.5) is 0 Å². The van der Waals surface area contributed by atoms with Gasteiger partial charge in [0.05, 0.1) is 0 Å². The molecule has 0 spiro atoms. The summed E-state index contributed by atoms with van der Waals surface area (Å²) in [4.78, 5) is 3.24. The fourth-order valence-electron chi connectivity index (χ4n) is 1.71. The Labute approximate surface area is 78.4 Å². The lowest BCUT2D eigenvalue weighted by atomic mass is 10.0. The molecule has 0 aliphatic rings. The molecule has 0 unspecified atom stereocenters. The van der Waals surface area contributed by atoms with Gasteiger partial charge in [-0.15, -0.1) is 0 Å². The lowest BCUT2D eigenvalue weighted by Gasteiger charge is -2.01. The average Bonchev–Trinajstić information content (AvgIpc) is 2.48. The van der Waals surface area contributed by atoms with Crippen LogP contribution in [-0.2, 0) is 0 Å². The number of hydrogen-bond acceptors (Lipinski definition) is 0. The highest BCUT2D eigenvalue weighted by atomic mass is 14.7. The Hall–Kier alpha value is -1.50. The molecule has 13 heavy (non-hydrogen) atoms. The summed E-state index contributed by atoms with van der Waals surface area (Å²) in [5, 5.41) is 0. The molecule has 0 amide bonds. The molecule has 1 aromatic heterocycles. The van der Waals surface area contributed by atoms with Crippen LogP contribution < -0.4 is 0 Å². The van der Waals surface area contributed by atoms with Gasteiger partial charge in [0.1, 0.15) is 0 Å². The van der Waals surface area contributed by atoms with E-state index in [1.165, 1.54) is 22.4 Å². The van der Waals surface area contributed by atoms with E-state index in [4.69, 9.17) is 0 Å². The quantitative estimate of drug-likeness (QED) is 0.677. The summed E-state index contributed by atoms with van der Waals surface area (Å²) >= 11 is 0. The van der Waals surface area contributed by atoms with Gasteiger partial charge in [-0.1, -0.05) is 30.3 Å². The van der Waals surface area contributed by atoms with Crippen LogP contribution >= 0.6 is 0 Å². The van der Waals surface area contributed by atoms with Gasteiger partial charge in [-0.25, -0.2) is 0 Å². The van der Waals surface area contributed by atoms with Gasteiger partial charge in [0.15, 0.2) is 0 Å². The fraction of sp³-hybridized carbons (Fsp3) is 0.167. The monoisotopic (exact) mass is 171 g/mol. The zero-order valence-corrected chi connectivity index (χ0v) is 7.96. The van der Waals surface area contributed by atoms with Gasteiger partial charge in [-0.3, -0.25) is 0 Å². The first-order chi connectivity index (χ1) is 6.29. The van der Waals surface area contributed by atoms with Gasteiger partial charge in [-0.05, 0) is 25.0 Å². The van der Waals surface area contributed by atoms with Crippen molar-refractivity contribution < 1.29 is 0 Å². The molecular formula is C12H13N. The molecule has 2 rings (SSSR count). The zero-order valence-electron chi connectivity index (χ0n) is 7.96. The molecule has 0 saturated carbocycles. The van der Waals surface area contributed by atoms with Gasteiger partial charge < -0.3 is 4.98 Å². The Balaban J connectivity index is 2.59. The number of aryl methyl sites for hydroxylation is 2. The molecule has 0 aliphatic carbocycles. The maximum atomic E-state index is 3.24. The summed E-state index contributed by atoms with van der Waals surface area (Å²) < 4.78 is 0. The van der Waals surface area contributed by atoms with Crippen molar-refractivity contribution >= 4 is 0 Å². The second-order valence-corrected chi connectivity index (χ2v) is 3.34. The molecular weight excluding hydrogens is 158 g/mol. The van der Waals surface area contributed by atoms with Crippen molar-refractivity contribution in [3.8, 4) is 11.1 Å². The van der Waals surface area contributed by atoms with E-state index in [-0.39, 0.29) is 0 Å². The van der Waals surface area contributed by atoms with Crippen molar-refractivity contribution in [2.75, 3.05) is 0 Å². The van der Waals surface area contributed by atoms with E-state index in [1.807, 2.05) is 6.07 Å². The first-order valence-electron chi connectivity index (χ1n) is 4.49. The first-order valence-corrected chi connectivity index (χ1v) is 4.49. The minimum absolute atomic E-state index is 1.24. The van der Waals surface area contributed by atoms with Crippen LogP contribution in [0.2, 0.25) is 0 Å². The van der Waals surface area contributed by atoms with E-state index in [9.17, 15) is 0 Å². The standard InChI is InChI=1S/C12H13N/c1-9-8-13-10(2)12(9)11-6-4-3-5-7-11/h3-8,13H,1-2H3. The summed E-state index contributed by atoms with van der Waals surface area (Å²) in [6.45, 7) is 4.24. The van der Waals surface area contributed by atoms with Gasteiger partial charge in [0.2, 0.25) is 0 Å². The van der Waals surface area contributed by atoms with Gasteiger partial charge in [-0.2, -0.15) is 0 Å². The molecule has 0 aliphatic heterocycles. The number of nitrogens with one attached hydrogen (secondary N) is 1. The molecule has 66 valence electrons. The van der Waals surface area contributed by atoms with Crippen molar-refractivity contribution in [3.63, 3.8) is 0 Å². The Morgan fingerprint density at radius 2 is 1.69 bits per heavy atom. The topological polar surface area (TPSA) is 15.8 Å². The predicted molar refractivity (Wildman–Crippen MR) is 55.7 cm³/mol. The minimum atomic E-state index is 1.24. The zero-order chi connectivity index (χ0) is 9.26. The normalized spacial score (nSPS) is 10.3. The Kier molecular flexibility index (Phi) is 1.93. The lowest BCUT2D eigenvalue weighted by molar-refractivity contribution is 1.26. The van der Waals surface area contributed by atoms with Crippen LogP contribution in [0.3, 0.4) is 0 Å². The van der Waals surface area contributed by atoms with Crippen molar-refractivity contribution in [1.82, 2.24) is 4.98 Å². The number of benzene rings is 1. The molecule has 1 heterocycles. The van der Waals surface area contributed by atoms with Crippen LogP contribution in [-0.4, -0.2) is 4.98 Å². The van der Waals surface area contributed by atoms with Crippen molar-refractivity contribution in [2.45, 2.75) is 13.8 Å². The molecule has 0 radical (unpaired) electrons. The highest BCUT2D eigenvalue weighted by Gasteiger charge is 2.05. The van der Waals surface area contributed by atoms with Crippen molar-refractivity contribution in [1.29, 1.82) is 0 Å². The van der Waals surface area contributed by atoms with Crippen LogP contribution in [0.25, 0.3) is 11.1 Å². The van der Waals surface area contributed by atoms with E-state index >= 15 is 0 Å². The molecule has 1 heteroatoms. The Morgan fingerprint density at radius 1 is 1.00 bits per heavy atom. The lowest BCUT2D eigenvalue weighted by Crippen LogP contribution is -1.80. The van der Waals surface area contributed by atoms with E-state index in [2.05, 4.69) is 49.3 Å². The second kappa shape index (κ2) is 3.09. The van der Waals surface area contributed by atoms with Crippen LogP contribution in [0.5, 0.6) is 0 Å². The van der Waals surface area contributed by atoms with Crippen LogP contribution in [0, 0.1) is 13.8 Å². The Bertz CT molecular complexity index is 379. The third-order valence-corrected chi connectivity index (χ3v) is 2.34. The maximum absolute atomic E-state index is 3.24. The molecule has 1 N–H and O–H groups in total. The van der Waals surface area contributed by atoms with E-state index in [0.717, 1.165) is 0 Å². The van der Waals surface area contributed by atoms with Crippen LogP contribution in [0.15, 0.2) is 36.5 Å². The van der Waals surface area contributed by atoms with Gasteiger partial charge in [0, 0.05) is 17.5 Å². The molecule has 0 saturated heterocycles. The number of aromatic nitrogens is 1. The number of rotatable bonds is 1. The fourth-order valence-corrected chi connectivity index (χ4v) is 1.71. The van der Waals surface area contributed by atoms with E-state index in [1.54, 1.807) is 0 Å². The van der Waals surface area contributed by atoms with Crippen LogP contribution in [0.1, 0.15) is 11.3 Å². The number of hydrogen-bond donors (Lipinski definition) is 1. The SMILES string of the molecule is Cc1c[nH]c(C)c1-c1ccccc1. The van der Waals surface area contributed by atoms with Crippen molar-refractivity contribution in [2.24, 2.45) is 0 Å². The molecule has 1 aromatic carbocycles. The van der Waals surface area contributed by atoms with Crippen molar-refractivity contribution in [3.05, 3.63) is 47.8 Å². The summed E-state index contributed by atoms with van der Waals surface area (Å²) in [6.07, 6.45) is 2.05. The average molecular weight is 171 g/mol. The number of aromatic amines is 1. The largest absolute Gasteiger partial charge is 0.364 e. The van der Waals surface area contributed by atoms with E-state index < -0.39 is 0 Å². The van der Waals surface area contributed by atoms with Gasteiger partial charge >= 0.3 is 0 Å². The summed E-state index contributed by atoms with van der Waals surface area (Å²) in [7, 11) is 0. The first kappa shape index (κ1) is 8.11. The van der Waals surface area contributed by atoms with E-state index in [0.29, 0.717) is 0 Å². The highest BCUT2D eigenvalue weighted by Crippen LogP contribution is 2.25. The molecule has 0 bridgehead atoms.